The van der Waals surface area contributed by atoms with E-state index in [1.54, 1.807) is 0 Å². The fourth-order valence-corrected chi connectivity index (χ4v) is 8.92. The molecule has 0 bridgehead atoms. The standard InChI is InChI=1S/C46H38N2O2/c1-2-13-35-41(31-15-5-3-4-6-16-31)43-37(26-32-17-8-11-20-39(32)47-43)45(35,28-49)24-25-46(29-50)36-23-22-30-14-7-10-19-34(30)42(36)44-38(46)27-33-18-9-12-21-40(33)48-44/h2-3,5-14,16-23,26-27,49-50H,1,4,15,24-25,28-29H2/b35-13?,41-31-. The highest BCUT2D eigenvalue weighted by molar-refractivity contribution is 6.03. The molecule has 4 heteroatoms. The van der Waals surface area contributed by atoms with Crippen LogP contribution in [0, 0.1) is 0 Å². The van der Waals surface area contributed by atoms with Crippen LogP contribution in [0.25, 0.3) is 49.4 Å². The second-order valence-corrected chi connectivity index (χ2v) is 13.9. The Morgan fingerprint density at radius 1 is 0.660 bits per heavy atom. The third-order valence-corrected chi connectivity index (χ3v) is 11.4. The minimum atomic E-state index is -0.779. The van der Waals surface area contributed by atoms with E-state index in [9.17, 15) is 10.2 Å². The lowest BCUT2D eigenvalue weighted by molar-refractivity contribution is 0.177. The van der Waals surface area contributed by atoms with Gasteiger partial charge in [0.25, 0.3) is 0 Å². The summed E-state index contributed by atoms with van der Waals surface area (Å²) in [4.78, 5) is 10.6. The first-order valence-electron chi connectivity index (χ1n) is 17.6. The van der Waals surface area contributed by atoms with E-state index in [2.05, 4.69) is 110 Å². The zero-order chi connectivity index (χ0) is 33.9. The molecule has 2 atom stereocenters. The van der Waals surface area contributed by atoms with Crippen LogP contribution in [0.15, 0.2) is 151 Å². The van der Waals surface area contributed by atoms with Gasteiger partial charge in [0.15, 0.2) is 0 Å². The highest BCUT2D eigenvalue weighted by Gasteiger charge is 2.51. The zero-order valence-corrected chi connectivity index (χ0v) is 27.9. The van der Waals surface area contributed by atoms with Gasteiger partial charge in [-0.05, 0) is 88.6 Å². The summed E-state index contributed by atoms with van der Waals surface area (Å²) in [6.07, 6.45) is 15.6. The molecule has 4 aromatic carbocycles. The van der Waals surface area contributed by atoms with E-state index >= 15 is 0 Å². The molecule has 0 spiro atoms. The van der Waals surface area contributed by atoms with Crippen molar-refractivity contribution >= 4 is 38.2 Å². The number of allylic oxidation sites excluding steroid dienone is 8. The fourth-order valence-electron chi connectivity index (χ4n) is 8.92. The number of nitrogens with zero attached hydrogens (tertiary/aromatic N) is 2. The fraction of sp³-hybridized carbons (Fsp3) is 0.174. The Kier molecular flexibility index (Phi) is 7.27. The van der Waals surface area contributed by atoms with Gasteiger partial charge >= 0.3 is 0 Å². The van der Waals surface area contributed by atoms with Crippen LogP contribution >= 0.6 is 0 Å². The molecule has 3 aliphatic carbocycles. The molecule has 0 radical (unpaired) electrons. The van der Waals surface area contributed by atoms with Crippen LogP contribution < -0.4 is 0 Å². The Bertz CT molecular complexity index is 2500. The van der Waals surface area contributed by atoms with Crippen molar-refractivity contribution in [1.82, 2.24) is 9.97 Å². The SMILES string of the molecule is C=CC=C1/C(=C2/C=CCC=CC2)c2nc3ccccc3cc2C1(CO)CCC1(CO)c2cc3ccccc3nc2-c2c1ccc1ccccc21. The van der Waals surface area contributed by atoms with Crippen LogP contribution in [0.5, 0.6) is 0 Å². The van der Waals surface area contributed by atoms with Crippen molar-refractivity contribution in [2.75, 3.05) is 13.2 Å². The van der Waals surface area contributed by atoms with E-state index in [4.69, 9.17) is 9.97 Å². The first kappa shape index (κ1) is 30.6. The summed E-state index contributed by atoms with van der Waals surface area (Å²) in [6.45, 7) is 3.95. The normalized spacial score (nSPS) is 23.0. The molecule has 0 saturated carbocycles. The lowest BCUT2D eigenvalue weighted by Gasteiger charge is -2.36. The summed E-state index contributed by atoms with van der Waals surface area (Å²) in [5.41, 5.74) is 9.74. The molecule has 9 rings (SSSR count). The Hall–Kier alpha value is -5.42. The van der Waals surface area contributed by atoms with Crippen molar-refractivity contribution in [3.05, 3.63) is 174 Å². The van der Waals surface area contributed by atoms with E-state index in [1.165, 1.54) is 5.57 Å². The monoisotopic (exact) mass is 650 g/mol. The third-order valence-electron chi connectivity index (χ3n) is 11.4. The summed E-state index contributed by atoms with van der Waals surface area (Å²) < 4.78 is 0. The first-order chi connectivity index (χ1) is 24.6. The smallest absolute Gasteiger partial charge is 0.0761 e. The van der Waals surface area contributed by atoms with Crippen molar-refractivity contribution < 1.29 is 10.2 Å². The first-order valence-corrected chi connectivity index (χ1v) is 17.6. The highest BCUT2D eigenvalue weighted by Crippen LogP contribution is 2.58. The number of aliphatic hydroxyl groups excluding tert-OH is 2. The van der Waals surface area contributed by atoms with Gasteiger partial charge in [0.2, 0.25) is 0 Å². The molecular formula is C46H38N2O2. The van der Waals surface area contributed by atoms with Gasteiger partial charge in [0, 0.05) is 32.7 Å². The quantitative estimate of drug-likeness (QED) is 0.176. The number of aliphatic hydroxyl groups is 2. The molecule has 2 heterocycles. The molecule has 3 aliphatic rings. The number of hydrogen-bond donors (Lipinski definition) is 2. The largest absolute Gasteiger partial charge is 0.395 e. The predicted octanol–water partition coefficient (Wildman–Crippen LogP) is 9.69. The van der Waals surface area contributed by atoms with Crippen molar-refractivity contribution in [3.63, 3.8) is 0 Å². The zero-order valence-electron chi connectivity index (χ0n) is 27.9. The van der Waals surface area contributed by atoms with Gasteiger partial charge in [-0.1, -0.05) is 116 Å². The number of fused-ring (bicyclic) bond motifs is 8. The lowest BCUT2D eigenvalue weighted by Crippen LogP contribution is -2.36. The van der Waals surface area contributed by atoms with Crippen molar-refractivity contribution in [2.45, 2.75) is 36.5 Å². The Balaban J connectivity index is 1.28. The number of benzene rings is 4. The maximum Gasteiger partial charge on any atom is 0.0761 e. The number of rotatable bonds is 6. The van der Waals surface area contributed by atoms with Gasteiger partial charge < -0.3 is 10.2 Å². The average molecular weight is 651 g/mol. The van der Waals surface area contributed by atoms with Crippen LogP contribution in [0.3, 0.4) is 0 Å². The maximum absolute atomic E-state index is 11.8. The van der Waals surface area contributed by atoms with E-state index in [1.807, 2.05) is 30.3 Å². The molecule has 6 aromatic rings. The third kappa shape index (κ3) is 4.38. The summed E-state index contributed by atoms with van der Waals surface area (Å²) in [6, 6.07) is 33.7. The highest BCUT2D eigenvalue weighted by atomic mass is 16.3. The molecule has 0 saturated heterocycles. The summed E-state index contributed by atoms with van der Waals surface area (Å²) in [5, 5.41) is 27.9. The molecular weight excluding hydrogens is 613 g/mol. The molecule has 0 aliphatic heterocycles. The van der Waals surface area contributed by atoms with Crippen molar-refractivity contribution in [1.29, 1.82) is 0 Å². The molecule has 0 amide bonds. The second kappa shape index (κ2) is 11.9. The minimum absolute atomic E-state index is 0.0856. The van der Waals surface area contributed by atoms with E-state index in [0.29, 0.717) is 12.8 Å². The molecule has 0 fully saturated rings. The molecule has 2 N–H and O–H groups in total. The lowest BCUT2D eigenvalue weighted by atomic mass is 9.67. The predicted molar refractivity (Wildman–Crippen MR) is 205 cm³/mol. The Labute approximate surface area is 292 Å². The average Bonchev–Trinajstić information content (AvgIpc) is 3.39. The Morgan fingerprint density at radius 2 is 1.30 bits per heavy atom. The number of para-hydroxylation sites is 2. The molecule has 244 valence electrons. The van der Waals surface area contributed by atoms with Gasteiger partial charge in [-0.25, -0.2) is 9.97 Å². The molecule has 2 unspecified atom stereocenters. The van der Waals surface area contributed by atoms with Crippen LogP contribution in [-0.4, -0.2) is 33.4 Å². The number of aromatic nitrogens is 2. The topological polar surface area (TPSA) is 66.2 Å². The van der Waals surface area contributed by atoms with Crippen LogP contribution in [0.4, 0.5) is 0 Å². The molecule has 50 heavy (non-hydrogen) atoms. The van der Waals surface area contributed by atoms with E-state index in [-0.39, 0.29) is 13.2 Å². The van der Waals surface area contributed by atoms with Crippen LogP contribution in [0.1, 0.15) is 48.1 Å². The summed E-state index contributed by atoms with van der Waals surface area (Å²) >= 11 is 0. The van der Waals surface area contributed by atoms with Crippen molar-refractivity contribution in [2.24, 2.45) is 0 Å². The number of pyridine rings is 2. The van der Waals surface area contributed by atoms with Crippen LogP contribution in [-0.2, 0) is 10.8 Å². The van der Waals surface area contributed by atoms with E-state index in [0.717, 1.165) is 90.2 Å². The van der Waals surface area contributed by atoms with Gasteiger partial charge in [-0.3, -0.25) is 0 Å². The Morgan fingerprint density at radius 3 is 2.02 bits per heavy atom. The van der Waals surface area contributed by atoms with E-state index < -0.39 is 10.8 Å². The van der Waals surface area contributed by atoms with Gasteiger partial charge in [0.1, 0.15) is 0 Å². The molecule has 2 aromatic heterocycles. The summed E-state index contributed by atoms with van der Waals surface area (Å²) in [7, 11) is 0. The van der Waals surface area contributed by atoms with Gasteiger partial charge in [-0.2, -0.15) is 0 Å². The second-order valence-electron chi connectivity index (χ2n) is 13.9. The summed E-state index contributed by atoms with van der Waals surface area (Å²) in [5.74, 6) is 0. The van der Waals surface area contributed by atoms with Gasteiger partial charge in [0.05, 0.1) is 35.6 Å². The van der Waals surface area contributed by atoms with Gasteiger partial charge in [-0.15, -0.1) is 0 Å². The molecule has 4 nitrogen and oxygen atoms in total. The van der Waals surface area contributed by atoms with Crippen LogP contribution in [0.2, 0.25) is 0 Å². The van der Waals surface area contributed by atoms with Crippen molar-refractivity contribution in [3.8, 4) is 11.3 Å². The maximum atomic E-state index is 11.8. The number of hydrogen-bond acceptors (Lipinski definition) is 4. The minimum Gasteiger partial charge on any atom is -0.395 e.